The summed E-state index contributed by atoms with van der Waals surface area (Å²) in [7, 11) is 0. The Labute approximate surface area is 96.6 Å². The van der Waals surface area contributed by atoms with E-state index >= 15 is 0 Å². The number of rotatable bonds is 7. The van der Waals surface area contributed by atoms with Gasteiger partial charge >= 0.3 is 0 Å². The molecule has 0 bridgehead atoms. The Morgan fingerprint density at radius 1 is 1.31 bits per heavy atom. The number of hydrogen-bond acceptors (Lipinski definition) is 2. The van der Waals surface area contributed by atoms with Crippen LogP contribution >= 0.6 is 0 Å². The summed E-state index contributed by atoms with van der Waals surface area (Å²) in [5.74, 6) is -0.428. The van der Waals surface area contributed by atoms with Gasteiger partial charge in [0.15, 0.2) is 6.10 Å². The zero-order chi connectivity index (χ0) is 11.8. The first kappa shape index (κ1) is 12.7. The minimum absolute atomic E-state index is 0.428. The van der Waals surface area contributed by atoms with E-state index in [2.05, 4.69) is 6.92 Å². The van der Waals surface area contributed by atoms with E-state index < -0.39 is 12.0 Å². The second kappa shape index (κ2) is 7.01. The maximum absolute atomic E-state index is 11.3. The molecule has 0 aliphatic rings. The molecule has 2 N–H and O–H groups in total. The molecule has 1 amide bonds. The molecule has 1 aromatic rings. The third-order valence-corrected chi connectivity index (χ3v) is 2.39. The molecule has 16 heavy (non-hydrogen) atoms. The fourth-order valence-corrected chi connectivity index (χ4v) is 1.52. The van der Waals surface area contributed by atoms with Gasteiger partial charge in [-0.2, -0.15) is 0 Å². The van der Waals surface area contributed by atoms with Gasteiger partial charge in [0, 0.05) is 6.61 Å². The summed E-state index contributed by atoms with van der Waals surface area (Å²) in [4.78, 5) is 11.3. The molecule has 0 radical (unpaired) electrons. The number of nitrogens with two attached hydrogens (primary N) is 1. The number of primary amides is 1. The smallest absolute Gasteiger partial charge is 0.251 e. The number of carbonyl (C=O) groups excluding carboxylic acids is 1. The quantitative estimate of drug-likeness (QED) is 0.719. The van der Waals surface area contributed by atoms with E-state index in [1.807, 2.05) is 30.3 Å². The van der Waals surface area contributed by atoms with Crippen LogP contribution in [0.3, 0.4) is 0 Å². The lowest BCUT2D eigenvalue weighted by Crippen LogP contribution is -2.24. The number of amides is 1. The summed E-state index contributed by atoms with van der Waals surface area (Å²) in [6.45, 7) is 2.71. The minimum atomic E-state index is -0.613. The van der Waals surface area contributed by atoms with Crippen LogP contribution in [-0.4, -0.2) is 12.5 Å². The normalized spacial score (nSPS) is 12.3. The number of hydrogen-bond donors (Lipinski definition) is 1. The zero-order valence-corrected chi connectivity index (χ0v) is 9.69. The van der Waals surface area contributed by atoms with Gasteiger partial charge in [0.2, 0.25) is 0 Å². The Morgan fingerprint density at radius 2 is 2.00 bits per heavy atom. The number of benzene rings is 1. The molecule has 0 saturated heterocycles. The number of carbonyl (C=O) groups is 1. The van der Waals surface area contributed by atoms with Crippen LogP contribution in [0.15, 0.2) is 30.3 Å². The van der Waals surface area contributed by atoms with Gasteiger partial charge in [0.1, 0.15) is 0 Å². The Hall–Kier alpha value is -1.35. The van der Waals surface area contributed by atoms with Crippen LogP contribution in [0.25, 0.3) is 0 Å². The molecule has 1 unspecified atom stereocenters. The first-order valence-electron chi connectivity index (χ1n) is 5.71. The fraction of sp³-hybridized carbons (Fsp3) is 0.462. The van der Waals surface area contributed by atoms with Crippen molar-refractivity contribution in [1.82, 2.24) is 0 Å². The highest BCUT2D eigenvalue weighted by molar-refractivity contribution is 5.80. The highest BCUT2D eigenvalue weighted by atomic mass is 16.5. The molecule has 0 spiro atoms. The van der Waals surface area contributed by atoms with E-state index in [1.165, 1.54) is 0 Å². The summed E-state index contributed by atoms with van der Waals surface area (Å²) in [6.07, 6.45) is 2.60. The van der Waals surface area contributed by atoms with Crippen LogP contribution in [0.2, 0.25) is 0 Å². The average molecular weight is 221 g/mol. The van der Waals surface area contributed by atoms with Crippen molar-refractivity contribution < 1.29 is 9.53 Å². The van der Waals surface area contributed by atoms with E-state index in [-0.39, 0.29) is 0 Å². The minimum Gasteiger partial charge on any atom is -0.367 e. The predicted octanol–water partition coefficient (Wildman–Crippen LogP) is 2.42. The molecule has 0 heterocycles. The van der Waals surface area contributed by atoms with E-state index in [4.69, 9.17) is 10.5 Å². The van der Waals surface area contributed by atoms with Crippen molar-refractivity contribution >= 4 is 5.91 Å². The Kier molecular flexibility index (Phi) is 5.57. The SMILES string of the molecule is CCCCCOC(C(N)=O)c1ccccc1. The predicted molar refractivity (Wildman–Crippen MR) is 63.9 cm³/mol. The first-order chi connectivity index (χ1) is 7.75. The molecule has 0 aliphatic carbocycles. The number of unbranched alkanes of at least 4 members (excludes halogenated alkanes) is 2. The number of ether oxygens (including phenoxy) is 1. The fourth-order valence-electron chi connectivity index (χ4n) is 1.52. The highest BCUT2D eigenvalue weighted by Crippen LogP contribution is 2.17. The van der Waals surface area contributed by atoms with E-state index in [0.29, 0.717) is 6.61 Å². The topological polar surface area (TPSA) is 52.3 Å². The molecule has 0 fully saturated rings. The monoisotopic (exact) mass is 221 g/mol. The third-order valence-electron chi connectivity index (χ3n) is 2.39. The van der Waals surface area contributed by atoms with Gasteiger partial charge in [0.05, 0.1) is 0 Å². The van der Waals surface area contributed by atoms with Crippen molar-refractivity contribution in [2.45, 2.75) is 32.3 Å². The van der Waals surface area contributed by atoms with Crippen LogP contribution in [0, 0.1) is 0 Å². The summed E-state index contributed by atoms with van der Waals surface area (Å²) < 4.78 is 5.52. The molecule has 1 atom stereocenters. The van der Waals surface area contributed by atoms with Crippen LogP contribution in [-0.2, 0) is 9.53 Å². The molecule has 88 valence electrons. The van der Waals surface area contributed by atoms with Crippen LogP contribution in [0.5, 0.6) is 0 Å². The van der Waals surface area contributed by atoms with Gasteiger partial charge in [-0.05, 0) is 12.0 Å². The molecular formula is C13H19NO2. The lowest BCUT2D eigenvalue weighted by Gasteiger charge is -2.14. The second-order valence-corrected chi connectivity index (χ2v) is 3.77. The Morgan fingerprint density at radius 3 is 2.56 bits per heavy atom. The van der Waals surface area contributed by atoms with Crippen molar-refractivity contribution in [3.63, 3.8) is 0 Å². The standard InChI is InChI=1S/C13H19NO2/c1-2-3-7-10-16-12(13(14)15)11-8-5-4-6-9-11/h4-6,8-9,12H,2-3,7,10H2,1H3,(H2,14,15). The molecule has 0 aliphatic heterocycles. The van der Waals surface area contributed by atoms with Gasteiger partial charge < -0.3 is 10.5 Å². The summed E-state index contributed by atoms with van der Waals surface area (Å²) in [5.41, 5.74) is 6.14. The third kappa shape index (κ3) is 4.03. The van der Waals surface area contributed by atoms with E-state index in [0.717, 1.165) is 24.8 Å². The molecule has 3 heteroatoms. The van der Waals surface area contributed by atoms with Crippen LogP contribution in [0.4, 0.5) is 0 Å². The van der Waals surface area contributed by atoms with Crippen LogP contribution < -0.4 is 5.73 Å². The van der Waals surface area contributed by atoms with Crippen molar-refractivity contribution in [1.29, 1.82) is 0 Å². The van der Waals surface area contributed by atoms with Gasteiger partial charge in [-0.25, -0.2) is 0 Å². The van der Waals surface area contributed by atoms with Gasteiger partial charge in [0.25, 0.3) is 5.91 Å². The maximum Gasteiger partial charge on any atom is 0.251 e. The Balaban J connectivity index is 2.52. The summed E-state index contributed by atoms with van der Waals surface area (Å²) in [6, 6.07) is 9.37. The van der Waals surface area contributed by atoms with Crippen molar-refractivity contribution in [2.24, 2.45) is 5.73 Å². The van der Waals surface area contributed by atoms with Gasteiger partial charge in [-0.15, -0.1) is 0 Å². The first-order valence-corrected chi connectivity index (χ1v) is 5.71. The zero-order valence-electron chi connectivity index (χ0n) is 9.69. The maximum atomic E-state index is 11.3. The van der Waals surface area contributed by atoms with Gasteiger partial charge in [-0.3, -0.25) is 4.79 Å². The van der Waals surface area contributed by atoms with Crippen molar-refractivity contribution in [3.05, 3.63) is 35.9 Å². The molecule has 0 saturated carbocycles. The Bertz CT molecular complexity index is 311. The van der Waals surface area contributed by atoms with Crippen LogP contribution in [0.1, 0.15) is 37.9 Å². The highest BCUT2D eigenvalue weighted by Gasteiger charge is 2.17. The molecule has 3 nitrogen and oxygen atoms in total. The van der Waals surface area contributed by atoms with E-state index in [1.54, 1.807) is 0 Å². The molecular weight excluding hydrogens is 202 g/mol. The average Bonchev–Trinajstić information content (AvgIpc) is 2.30. The van der Waals surface area contributed by atoms with Crippen molar-refractivity contribution in [3.8, 4) is 0 Å². The lowest BCUT2D eigenvalue weighted by molar-refractivity contribution is -0.130. The molecule has 1 rings (SSSR count). The molecule has 1 aromatic carbocycles. The lowest BCUT2D eigenvalue weighted by atomic mass is 10.1. The molecule has 0 aromatic heterocycles. The van der Waals surface area contributed by atoms with E-state index in [9.17, 15) is 4.79 Å². The summed E-state index contributed by atoms with van der Waals surface area (Å²) in [5, 5.41) is 0. The summed E-state index contributed by atoms with van der Waals surface area (Å²) >= 11 is 0. The van der Waals surface area contributed by atoms with Gasteiger partial charge in [-0.1, -0.05) is 50.1 Å². The second-order valence-electron chi connectivity index (χ2n) is 3.77. The largest absolute Gasteiger partial charge is 0.367 e. The van der Waals surface area contributed by atoms with Crippen molar-refractivity contribution in [2.75, 3.05) is 6.61 Å².